The average molecular weight is 146 g/mol. The molecule has 0 unspecified atom stereocenters. The SMILES string of the molecule is FC1(F)CCCCC12CC2. The van der Waals surface area contributed by atoms with E-state index in [4.69, 9.17) is 0 Å². The summed E-state index contributed by atoms with van der Waals surface area (Å²) < 4.78 is 26.1. The van der Waals surface area contributed by atoms with E-state index < -0.39 is 11.3 Å². The Morgan fingerprint density at radius 1 is 0.800 bits per heavy atom. The van der Waals surface area contributed by atoms with Crippen LogP contribution in [0.4, 0.5) is 8.78 Å². The van der Waals surface area contributed by atoms with Gasteiger partial charge in [-0.05, 0) is 25.7 Å². The zero-order valence-corrected chi connectivity index (χ0v) is 6.00. The second-order valence-electron chi connectivity index (χ2n) is 3.69. The highest BCUT2D eigenvalue weighted by Gasteiger charge is 2.61. The third-order valence-electron chi connectivity index (χ3n) is 3.03. The van der Waals surface area contributed by atoms with Crippen LogP contribution < -0.4 is 0 Å². The van der Waals surface area contributed by atoms with Crippen molar-refractivity contribution >= 4 is 0 Å². The van der Waals surface area contributed by atoms with E-state index in [1.54, 1.807) is 0 Å². The third kappa shape index (κ3) is 0.708. The molecular weight excluding hydrogens is 134 g/mol. The maximum Gasteiger partial charge on any atom is 0.253 e. The Hall–Kier alpha value is -0.140. The van der Waals surface area contributed by atoms with Gasteiger partial charge in [-0.1, -0.05) is 6.42 Å². The van der Waals surface area contributed by atoms with Crippen molar-refractivity contribution in [3.05, 3.63) is 0 Å². The summed E-state index contributed by atoms with van der Waals surface area (Å²) in [5, 5.41) is 0. The Labute approximate surface area is 59.6 Å². The summed E-state index contributed by atoms with van der Waals surface area (Å²) in [5.41, 5.74) is -0.509. The van der Waals surface area contributed by atoms with Crippen molar-refractivity contribution in [2.45, 2.75) is 44.4 Å². The van der Waals surface area contributed by atoms with Crippen LogP contribution >= 0.6 is 0 Å². The molecule has 0 N–H and O–H groups in total. The molecule has 0 bridgehead atoms. The van der Waals surface area contributed by atoms with E-state index in [-0.39, 0.29) is 6.42 Å². The maximum absolute atomic E-state index is 13.0. The van der Waals surface area contributed by atoms with E-state index in [9.17, 15) is 8.78 Å². The Balaban J connectivity index is 2.15. The molecule has 58 valence electrons. The lowest BCUT2D eigenvalue weighted by Crippen LogP contribution is -2.33. The Bertz CT molecular complexity index is 141. The van der Waals surface area contributed by atoms with Gasteiger partial charge in [0.2, 0.25) is 0 Å². The minimum absolute atomic E-state index is 0.146. The van der Waals surface area contributed by atoms with E-state index in [1.807, 2.05) is 0 Å². The first-order valence-corrected chi connectivity index (χ1v) is 4.04. The van der Waals surface area contributed by atoms with Crippen molar-refractivity contribution in [3.63, 3.8) is 0 Å². The van der Waals surface area contributed by atoms with Gasteiger partial charge in [-0.15, -0.1) is 0 Å². The van der Waals surface area contributed by atoms with Crippen molar-refractivity contribution in [2.24, 2.45) is 5.41 Å². The lowest BCUT2D eigenvalue weighted by atomic mass is 9.83. The fourth-order valence-electron chi connectivity index (χ4n) is 2.03. The van der Waals surface area contributed by atoms with Crippen LogP contribution in [0.1, 0.15) is 38.5 Å². The van der Waals surface area contributed by atoms with Gasteiger partial charge in [0, 0.05) is 11.8 Å². The number of rotatable bonds is 0. The van der Waals surface area contributed by atoms with Gasteiger partial charge in [-0.25, -0.2) is 8.78 Å². The minimum Gasteiger partial charge on any atom is -0.206 e. The molecule has 2 saturated carbocycles. The molecule has 2 aliphatic rings. The molecule has 2 heteroatoms. The van der Waals surface area contributed by atoms with E-state index in [1.165, 1.54) is 0 Å². The highest BCUT2D eigenvalue weighted by Crippen LogP contribution is 2.63. The van der Waals surface area contributed by atoms with Crippen LogP contribution in [0.5, 0.6) is 0 Å². The number of halogens is 2. The molecule has 0 aromatic carbocycles. The predicted molar refractivity (Wildman–Crippen MR) is 35.1 cm³/mol. The first kappa shape index (κ1) is 6.56. The summed E-state index contributed by atoms with van der Waals surface area (Å²) in [6.07, 6.45) is 4.23. The second kappa shape index (κ2) is 1.72. The molecule has 0 amide bonds. The lowest BCUT2D eigenvalue weighted by molar-refractivity contribution is -0.100. The highest BCUT2D eigenvalue weighted by molar-refractivity contribution is 5.05. The molecule has 0 aromatic heterocycles. The molecule has 10 heavy (non-hydrogen) atoms. The van der Waals surface area contributed by atoms with E-state index in [0.717, 1.165) is 32.1 Å². The monoisotopic (exact) mass is 146 g/mol. The predicted octanol–water partition coefficient (Wildman–Crippen LogP) is 2.98. The maximum atomic E-state index is 13.0. The Kier molecular flexibility index (Phi) is 1.13. The Morgan fingerprint density at radius 3 is 1.80 bits per heavy atom. The topological polar surface area (TPSA) is 0 Å². The standard InChI is InChI=1S/C8H12F2/c9-8(10)4-2-1-3-7(8)5-6-7/h1-6H2. The normalized spacial score (nSPS) is 34.2. The van der Waals surface area contributed by atoms with E-state index in [2.05, 4.69) is 0 Å². The molecular formula is C8H12F2. The molecule has 0 aromatic rings. The van der Waals surface area contributed by atoms with Crippen LogP contribution in [0, 0.1) is 5.41 Å². The Morgan fingerprint density at radius 2 is 1.40 bits per heavy atom. The first-order valence-electron chi connectivity index (χ1n) is 4.04. The quantitative estimate of drug-likeness (QED) is 0.493. The third-order valence-corrected chi connectivity index (χ3v) is 3.03. The highest BCUT2D eigenvalue weighted by atomic mass is 19.3. The molecule has 2 rings (SSSR count). The fourth-order valence-corrected chi connectivity index (χ4v) is 2.03. The molecule has 0 nitrogen and oxygen atoms in total. The van der Waals surface area contributed by atoms with Crippen LogP contribution in [0.25, 0.3) is 0 Å². The summed E-state index contributed by atoms with van der Waals surface area (Å²) >= 11 is 0. The first-order chi connectivity index (χ1) is 4.66. The van der Waals surface area contributed by atoms with Crippen molar-refractivity contribution < 1.29 is 8.78 Å². The van der Waals surface area contributed by atoms with Gasteiger partial charge in [-0.2, -0.15) is 0 Å². The van der Waals surface area contributed by atoms with Crippen LogP contribution in [0.15, 0.2) is 0 Å². The minimum atomic E-state index is -2.31. The van der Waals surface area contributed by atoms with Crippen LogP contribution in [-0.4, -0.2) is 5.92 Å². The van der Waals surface area contributed by atoms with Gasteiger partial charge in [0.25, 0.3) is 5.92 Å². The summed E-state index contributed by atoms with van der Waals surface area (Å²) in [6.45, 7) is 0. The lowest BCUT2D eigenvalue weighted by Gasteiger charge is -2.31. The van der Waals surface area contributed by atoms with Crippen molar-refractivity contribution in [3.8, 4) is 0 Å². The van der Waals surface area contributed by atoms with Gasteiger partial charge in [0.15, 0.2) is 0 Å². The molecule has 2 fully saturated rings. The molecule has 0 radical (unpaired) electrons. The fraction of sp³-hybridized carbons (Fsp3) is 1.00. The molecule has 0 aliphatic heterocycles. The largest absolute Gasteiger partial charge is 0.253 e. The average Bonchev–Trinajstić information content (AvgIpc) is 2.59. The van der Waals surface area contributed by atoms with Gasteiger partial charge >= 0.3 is 0 Å². The summed E-state index contributed by atoms with van der Waals surface area (Å²) in [5.74, 6) is -2.31. The summed E-state index contributed by atoms with van der Waals surface area (Å²) in [7, 11) is 0. The molecule has 0 saturated heterocycles. The van der Waals surface area contributed by atoms with Gasteiger partial charge in [0.05, 0.1) is 0 Å². The van der Waals surface area contributed by atoms with Crippen molar-refractivity contribution in [2.75, 3.05) is 0 Å². The van der Waals surface area contributed by atoms with Crippen LogP contribution in [-0.2, 0) is 0 Å². The van der Waals surface area contributed by atoms with Crippen molar-refractivity contribution in [1.82, 2.24) is 0 Å². The molecule has 1 spiro atoms. The van der Waals surface area contributed by atoms with E-state index in [0.29, 0.717) is 0 Å². The van der Waals surface area contributed by atoms with Gasteiger partial charge < -0.3 is 0 Å². The zero-order valence-electron chi connectivity index (χ0n) is 6.00. The molecule has 0 heterocycles. The number of hydrogen-bond donors (Lipinski definition) is 0. The summed E-state index contributed by atoms with van der Waals surface area (Å²) in [4.78, 5) is 0. The molecule has 2 aliphatic carbocycles. The second-order valence-corrected chi connectivity index (χ2v) is 3.69. The summed E-state index contributed by atoms with van der Waals surface area (Å²) in [6, 6.07) is 0. The zero-order chi connectivity index (χ0) is 7.24. The van der Waals surface area contributed by atoms with Gasteiger partial charge in [0.1, 0.15) is 0 Å². The molecule has 0 atom stereocenters. The number of alkyl halides is 2. The van der Waals surface area contributed by atoms with Crippen LogP contribution in [0.2, 0.25) is 0 Å². The smallest absolute Gasteiger partial charge is 0.206 e. The van der Waals surface area contributed by atoms with Crippen molar-refractivity contribution in [1.29, 1.82) is 0 Å². The van der Waals surface area contributed by atoms with Crippen LogP contribution in [0.3, 0.4) is 0 Å². The number of hydrogen-bond acceptors (Lipinski definition) is 0. The van der Waals surface area contributed by atoms with Gasteiger partial charge in [-0.3, -0.25) is 0 Å². The van der Waals surface area contributed by atoms with E-state index >= 15 is 0 Å².